The average molecular weight is 273 g/mol. The molecule has 0 aromatic heterocycles. The zero-order chi connectivity index (χ0) is 15.5. The molecular weight excluding hydrogens is 242 g/mol. The van der Waals surface area contributed by atoms with Crippen LogP contribution in [-0.4, -0.2) is 5.54 Å². The van der Waals surface area contributed by atoms with Crippen LogP contribution in [0.2, 0.25) is 0 Å². The molecule has 0 radical (unpaired) electrons. The standard InChI is InChI=1S/C19H31N/c1-9-15(6)19(7,8)20-18-16(13(2)3)11-10-12-17(18)14(4)5/h9-14,20H,1-8H3. The number of rotatable bonds is 5. The first kappa shape index (κ1) is 16.8. The number of anilines is 1. The van der Waals surface area contributed by atoms with E-state index < -0.39 is 0 Å². The fourth-order valence-electron chi connectivity index (χ4n) is 2.47. The Labute approximate surface area is 125 Å². The highest BCUT2D eigenvalue weighted by Gasteiger charge is 2.23. The first-order valence-electron chi connectivity index (χ1n) is 7.75. The topological polar surface area (TPSA) is 12.0 Å². The smallest absolute Gasteiger partial charge is 0.0526 e. The zero-order valence-corrected chi connectivity index (χ0v) is 14.5. The van der Waals surface area contributed by atoms with Crippen LogP contribution in [0.4, 0.5) is 5.69 Å². The van der Waals surface area contributed by atoms with E-state index in [1.165, 1.54) is 22.4 Å². The molecular formula is C19H31N. The van der Waals surface area contributed by atoms with Crippen molar-refractivity contribution in [2.24, 2.45) is 0 Å². The van der Waals surface area contributed by atoms with Crippen molar-refractivity contribution in [2.75, 3.05) is 5.32 Å². The Kier molecular flexibility index (Phi) is 5.44. The van der Waals surface area contributed by atoms with E-state index in [4.69, 9.17) is 0 Å². The Balaban J connectivity index is 3.34. The van der Waals surface area contributed by atoms with Gasteiger partial charge in [-0.2, -0.15) is 0 Å². The van der Waals surface area contributed by atoms with Crippen LogP contribution in [-0.2, 0) is 0 Å². The second kappa shape index (κ2) is 6.47. The third-order valence-corrected chi connectivity index (χ3v) is 4.23. The van der Waals surface area contributed by atoms with E-state index in [0.29, 0.717) is 11.8 Å². The van der Waals surface area contributed by atoms with Crippen LogP contribution in [0, 0.1) is 0 Å². The second-order valence-electron chi connectivity index (χ2n) is 6.84. The van der Waals surface area contributed by atoms with E-state index in [2.05, 4.69) is 85.0 Å². The average Bonchev–Trinajstić information content (AvgIpc) is 2.36. The summed E-state index contributed by atoms with van der Waals surface area (Å²) >= 11 is 0. The lowest BCUT2D eigenvalue weighted by Gasteiger charge is -2.32. The predicted octanol–water partition coefficient (Wildman–Crippen LogP) is 6.09. The van der Waals surface area contributed by atoms with Gasteiger partial charge in [0, 0.05) is 5.69 Å². The molecule has 0 saturated carbocycles. The Hall–Kier alpha value is -1.24. The number of hydrogen-bond donors (Lipinski definition) is 1. The molecule has 1 heteroatoms. The second-order valence-corrected chi connectivity index (χ2v) is 6.84. The van der Waals surface area contributed by atoms with Crippen LogP contribution in [0.3, 0.4) is 0 Å². The molecule has 0 spiro atoms. The molecule has 0 atom stereocenters. The Morgan fingerprint density at radius 3 is 1.85 bits per heavy atom. The van der Waals surface area contributed by atoms with Gasteiger partial charge < -0.3 is 5.32 Å². The Morgan fingerprint density at radius 2 is 1.50 bits per heavy atom. The largest absolute Gasteiger partial charge is 0.376 e. The van der Waals surface area contributed by atoms with Gasteiger partial charge in [-0.3, -0.25) is 0 Å². The normalized spacial score (nSPS) is 13.2. The SMILES string of the molecule is CC=C(C)C(C)(C)Nc1c(C(C)C)cccc1C(C)C. The lowest BCUT2D eigenvalue weighted by atomic mass is 9.89. The van der Waals surface area contributed by atoms with Crippen LogP contribution in [0.5, 0.6) is 0 Å². The molecule has 1 nitrogen and oxygen atoms in total. The number of benzene rings is 1. The molecule has 1 aromatic rings. The van der Waals surface area contributed by atoms with Gasteiger partial charge in [-0.05, 0) is 50.7 Å². The van der Waals surface area contributed by atoms with Crippen molar-refractivity contribution in [2.45, 2.75) is 72.8 Å². The molecule has 0 saturated heterocycles. The molecule has 1 rings (SSSR count). The van der Waals surface area contributed by atoms with Crippen molar-refractivity contribution in [3.05, 3.63) is 41.0 Å². The van der Waals surface area contributed by atoms with Gasteiger partial charge in [0.15, 0.2) is 0 Å². The van der Waals surface area contributed by atoms with E-state index in [-0.39, 0.29) is 5.54 Å². The summed E-state index contributed by atoms with van der Waals surface area (Å²) in [6, 6.07) is 6.69. The maximum Gasteiger partial charge on any atom is 0.0526 e. The summed E-state index contributed by atoms with van der Waals surface area (Å²) in [6.07, 6.45) is 2.19. The molecule has 0 amide bonds. The maximum absolute atomic E-state index is 3.80. The predicted molar refractivity (Wildman–Crippen MR) is 91.8 cm³/mol. The summed E-state index contributed by atoms with van der Waals surface area (Å²) in [6.45, 7) is 17.9. The first-order valence-corrected chi connectivity index (χ1v) is 7.75. The van der Waals surface area contributed by atoms with Crippen LogP contribution in [0.1, 0.15) is 78.4 Å². The van der Waals surface area contributed by atoms with E-state index in [0.717, 1.165) is 0 Å². The van der Waals surface area contributed by atoms with Crippen molar-refractivity contribution in [1.29, 1.82) is 0 Å². The number of allylic oxidation sites excluding steroid dienone is 1. The lowest BCUT2D eigenvalue weighted by Crippen LogP contribution is -2.33. The van der Waals surface area contributed by atoms with Crippen LogP contribution in [0.15, 0.2) is 29.8 Å². The summed E-state index contributed by atoms with van der Waals surface area (Å²) in [5.74, 6) is 1.05. The maximum atomic E-state index is 3.80. The molecule has 0 aliphatic carbocycles. The van der Waals surface area contributed by atoms with E-state index in [1.54, 1.807) is 0 Å². The van der Waals surface area contributed by atoms with Gasteiger partial charge in [0.05, 0.1) is 5.54 Å². The van der Waals surface area contributed by atoms with Crippen LogP contribution in [0.25, 0.3) is 0 Å². The Bertz CT molecular complexity index is 452. The zero-order valence-electron chi connectivity index (χ0n) is 14.5. The molecule has 0 fully saturated rings. The van der Waals surface area contributed by atoms with Gasteiger partial charge in [-0.1, -0.05) is 57.5 Å². The molecule has 1 aromatic carbocycles. The van der Waals surface area contributed by atoms with Gasteiger partial charge in [0.1, 0.15) is 0 Å². The van der Waals surface area contributed by atoms with Gasteiger partial charge in [-0.25, -0.2) is 0 Å². The minimum atomic E-state index is -0.0244. The molecule has 0 unspecified atom stereocenters. The van der Waals surface area contributed by atoms with Crippen molar-refractivity contribution < 1.29 is 0 Å². The number of hydrogen-bond acceptors (Lipinski definition) is 1. The van der Waals surface area contributed by atoms with Crippen molar-refractivity contribution in [3.8, 4) is 0 Å². The minimum Gasteiger partial charge on any atom is -0.376 e. The van der Waals surface area contributed by atoms with Crippen LogP contribution >= 0.6 is 0 Å². The monoisotopic (exact) mass is 273 g/mol. The molecule has 0 bridgehead atoms. The molecule has 1 N–H and O–H groups in total. The summed E-state index contributed by atoms with van der Waals surface area (Å²) in [5, 5.41) is 3.80. The van der Waals surface area contributed by atoms with Gasteiger partial charge in [-0.15, -0.1) is 0 Å². The first-order chi connectivity index (χ1) is 9.20. The highest BCUT2D eigenvalue weighted by molar-refractivity contribution is 5.62. The summed E-state index contributed by atoms with van der Waals surface area (Å²) in [4.78, 5) is 0. The molecule has 112 valence electrons. The van der Waals surface area contributed by atoms with E-state index >= 15 is 0 Å². The molecule has 0 heterocycles. The molecule has 0 aliphatic rings. The third kappa shape index (κ3) is 3.65. The third-order valence-electron chi connectivity index (χ3n) is 4.23. The summed E-state index contributed by atoms with van der Waals surface area (Å²) in [7, 11) is 0. The van der Waals surface area contributed by atoms with Gasteiger partial charge in [0.25, 0.3) is 0 Å². The van der Waals surface area contributed by atoms with Crippen molar-refractivity contribution >= 4 is 5.69 Å². The fourth-order valence-corrected chi connectivity index (χ4v) is 2.47. The quantitative estimate of drug-likeness (QED) is 0.640. The van der Waals surface area contributed by atoms with Crippen molar-refractivity contribution in [3.63, 3.8) is 0 Å². The van der Waals surface area contributed by atoms with Gasteiger partial charge in [0.2, 0.25) is 0 Å². The van der Waals surface area contributed by atoms with Crippen molar-refractivity contribution in [1.82, 2.24) is 0 Å². The molecule has 20 heavy (non-hydrogen) atoms. The van der Waals surface area contributed by atoms with Gasteiger partial charge >= 0.3 is 0 Å². The van der Waals surface area contributed by atoms with Crippen LogP contribution < -0.4 is 5.32 Å². The fraction of sp³-hybridized carbons (Fsp3) is 0.579. The summed E-state index contributed by atoms with van der Waals surface area (Å²) in [5.41, 5.74) is 5.49. The lowest BCUT2D eigenvalue weighted by molar-refractivity contribution is 0.657. The Morgan fingerprint density at radius 1 is 1.05 bits per heavy atom. The highest BCUT2D eigenvalue weighted by atomic mass is 15.0. The molecule has 0 aliphatic heterocycles. The van der Waals surface area contributed by atoms with E-state index in [9.17, 15) is 0 Å². The number of nitrogens with one attached hydrogen (secondary N) is 1. The number of para-hydroxylation sites is 1. The summed E-state index contributed by atoms with van der Waals surface area (Å²) < 4.78 is 0. The van der Waals surface area contributed by atoms with E-state index in [1.807, 2.05) is 0 Å². The minimum absolute atomic E-state index is 0.0244. The highest BCUT2D eigenvalue weighted by Crippen LogP contribution is 2.35.